The van der Waals surface area contributed by atoms with Gasteiger partial charge in [0.15, 0.2) is 0 Å². The van der Waals surface area contributed by atoms with Gasteiger partial charge in [-0.3, -0.25) is 15.1 Å². The molecule has 0 saturated carbocycles. The van der Waals surface area contributed by atoms with E-state index in [9.17, 15) is 9.59 Å². The lowest BCUT2D eigenvalue weighted by atomic mass is 10.2. The van der Waals surface area contributed by atoms with E-state index in [1.54, 1.807) is 11.8 Å². The van der Waals surface area contributed by atoms with Crippen LogP contribution in [0.4, 0.5) is 4.79 Å². The van der Waals surface area contributed by atoms with Crippen LogP contribution in [0.5, 0.6) is 0 Å². The fourth-order valence-electron chi connectivity index (χ4n) is 1.52. The molecule has 0 saturated heterocycles. The Morgan fingerprint density at radius 3 is 2.80 bits per heavy atom. The Morgan fingerprint density at radius 1 is 1.30 bits per heavy atom. The molecule has 1 aromatic rings. The standard InChI is InChI=1S/C13H15N3O2S2/c17-11(9-20-13-14-6-7-19-13)16-12(18)15-8-10-4-2-1-3-5-10/h1-5H,6-9H2,(H2,15,16,17,18). The molecule has 0 atom stereocenters. The van der Waals surface area contributed by atoms with Gasteiger partial charge in [0, 0.05) is 12.3 Å². The van der Waals surface area contributed by atoms with E-state index < -0.39 is 6.03 Å². The molecule has 2 rings (SSSR count). The van der Waals surface area contributed by atoms with E-state index in [-0.39, 0.29) is 11.7 Å². The van der Waals surface area contributed by atoms with E-state index in [1.165, 1.54) is 11.8 Å². The number of amides is 3. The molecule has 1 aliphatic rings. The van der Waals surface area contributed by atoms with Gasteiger partial charge in [-0.05, 0) is 5.56 Å². The summed E-state index contributed by atoms with van der Waals surface area (Å²) in [4.78, 5) is 27.3. The molecule has 1 aliphatic heterocycles. The van der Waals surface area contributed by atoms with Gasteiger partial charge in [-0.2, -0.15) is 0 Å². The maximum Gasteiger partial charge on any atom is 0.321 e. The zero-order chi connectivity index (χ0) is 14.2. The highest BCUT2D eigenvalue weighted by molar-refractivity contribution is 8.39. The first-order chi connectivity index (χ1) is 9.74. The lowest BCUT2D eigenvalue weighted by molar-refractivity contribution is -0.117. The van der Waals surface area contributed by atoms with Gasteiger partial charge in [-0.25, -0.2) is 4.79 Å². The van der Waals surface area contributed by atoms with Gasteiger partial charge in [0.25, 0.3) is 0 Å². The summed E-state index contributed by atoms with van der Waals surface area (Å²) in [6, 6.07) is 9.06. The lowest BCUT2D eigenvalue weighted by Gasteiger charge is -2.06. The summed E-state index contributed by atoms with van der Waals surface area (Å²) in [7, 11) is 0. The largest absolute Gasteiger partial charge is 0.334 e. The molecule has 2 N–H and O–H groups in total. The van der Waals surface area contributed by atoms with E-state index in [0.717, 1.165) is 22.2 Å². The maximum atomic E-state index is 11.6. The number of thioether (sulfide) groups is 2. The van der Waals surface area contributed by atoms with Gasteiger partial charge in [-0.15, -0.1) is 0 Å². The number of hydrogen-bond acceptors (Lipinski definition) is 5. The van der Waals surface area contributed by atoms with Crippen molar-refractivity contribution in [3.63, 3.8) is 0 Å². The quantitative estimate of drug-likeness (QED) is 0.890. The summed E-state index contributed by atoms with van der Waals surface area (Å²) < 4.78 is 0.921. The van der Waals surface area contributed by atoms with E-state index in [4.69, 9.17) is 0 Å². The highest BCUT2D eigenvalue weighted by Gasteiger charge is 2.12. The fourth-order valence-corrected chi connectivity index (χ4v) is 3.32. The number of hydrogen-bond donors (Lipinski definition) is 2. The van der Waals surface area contributed by atoms with E-state index in [0.29, 0.717) is 6.54 Å². The zero-order valence-electron chi connectivity index (χ0n) is 10.8. The molecule has 0 fully saturated rings. The third kappa shape index (κ3) is 5.26. The molecule has 20 heavy (non-hydrogen) atoms. The molecular weight excluding hydrogens is 294 g/mol. The Morgan fingerprint density at radius 2 is 2.10 bits per heavy atom. The van der Waals surface area contributed by atoms with Crippen molar-refractivity contribution in [1.29, 1.82) is 0 Å². The van der Waals surface area contributed by atoms with Crippen molar-refractivity contribution in [3.8, 4) is 0 Å². The second-order valence-corrected chi connectivity index (χ2v) is 6.31. The van der Waals surface area contributed by atoms with Crippen molar-refractivity contribution in [1.82, 2.24) is 10.6 Å². The van der Waals surface area contributed by atoms with Crippen molar-refractivity contribution in [3.05, 3.63) is 35.9 Å². The van der Waals surface area contributed by atoms with Gasteiger partial charge in [0.05, 0.1) is 12.3 Å². The number of nitrogens with one attached hydrogen (secondary N) is 2. The summed E-state index contributed by atoms with van der Waals surface area (Å²) in [5.41, 5.74) is 0.987. The Balaban J connectivity index is 1.64. The minimum atomic E-state index is -0.472. The Bertz CT molecular complexity index is 506. The first-order valence-corrected chi connectivity index (χ1v) is 8.13. The molecule has 1 heterocycles. The highest BCUT2D eigenvalue weighted by Crippen LogP contribution is 2.21. The van der Waals surface area contributed by atoms with E-state index >= 15 is 0 Å². The van der Waals surface area contributed by atoms with E-state index in [2.05, 4.69) is 15.6 Å². The second-order valence-electron chi connectivity index (χ2n) is 4.00. The number of carbonyl (C=O) groups excluding carboxylic acids is 2. The summed E-state index contributed by atoms with van der Waals surface area (Å²) in [6.07, 6.45) is 0. The number of urea groups is 1. The van der Waals surface area contributed by atoms with Crippen molar-refractivity contribution in [2.45, 2.75) is 6.54 Å². The molecular formula is C13H15N3O2S2. The number of aliphatic imine (C=N–C) groups is 1. The topological polar surface area (TPSA) is 70.6 Å². The molecule has 0 aliphatic carbocycles. The third-order valence-electron chi connectivity index (χ3n) is 2.43. The van der Waals surface area contributed by atoms with Crippen LogP contribution >= 0.6 is 23.5 Å². The maximum absolute atomic E-state index is 11.6. The van der Waals surface area contributed by atoms with Crippen LogP contribution in [-0.4, -0.2) is 34.4 Å². The van der Waals surface area contributed by atoms with Crippen LogP contribution in [0.25, 0.3) is 0 Å². The second kappa shape index (κ2) is 7.96. The number of rotatable bonds is 4. The van der Waals surface area contributed by atoms with Crippen LogP contribution in [0.1, 0.15) is 5.56 Å². The van der Waals surface area contributed by atoms with Gasteiger partial charge in [0.2, 0.25) is 5.91 Å². The summed E-state index contributed by atoms with van der Waals surface area (Å²) >= 11 is 3.01. The molecule has 7 heteroatoms. The average Bonchev–Trinajstić information content (AvgIpc) is 2.97. The molecule has 0 radical (unpaired) electrons. The van der Waals surface area contributed by atoms with Gasteiger partial charge in [0.1, 0.15) is 4.38 Å². The van der Waals surface area contributed by atoms with Crippen molar-refractivity contribution >= 4 is 39.8 Å². The molecule has 3 amide bonds. The molecule has 1 aromatic carbocycles. The average molecular weight is 309 g/mol. The smallest absolute Gasteiger partial charge is 0.321 e. The first-order valence-electron chi connectivity index (χ1n) is 6.16. The minimum absolute atomic E-state index is 0.213. The predicted octanol–water partition coefficient (Wildman–Crippen LogP) is 1.85. The van der Waals surface area contributed by atoms with Crippen LogP contribution < -0.4 is 10.6 Å². The number of imide groups is 1. The van der Waals surface area contributed by atoms with Crippen molar-refractivity contribution in [2.75, 3.05) is 18.1 Å². The number of benzene rings is 1. The molecule has 0 aromatic heterocycles. The Kier molecular flexibility index (Phi) is 5.94. The third-order valence-corrected chi connectivity index (χ3v) is 4.69. The Labute approximate surface area is 126 Å². The summed E-state index contributed by atoms with van der Waals surface area (Å²) in [5, 5.41) is 4.94. The summed E-state index contributed by atoms with van der Waals surface area (Å²) in [6.45, 7) is 1.21. The Hall–Kier alpha value is -1.47. The van der Waals surface area contributed by atoms with Gasteiger partial charge < -0.3 is 5.32 Å². The molecule has 106 valence electrons. The first kappa shape index (κ1) is 14.9. The molecule has 0 bridgehead atoms. The monoisotopic (exact) mass is 309 g/mol. The SMILES string of the molecule is O=C(CSC1=NCCS1)NC(=O)NCc1ccccc1. The zero-order valence-corrected chi connectivity index (χ0v) is 12.4. The molecule has 0 unspecified atom stereocenters. The lowest BCUT2D eigenvalue weighted by Crippen LogP contribution is -2.40. The predicted molar refractivity (Wildman–Crippen MR) is 84.0 cm³/mol. The normalized spacial score (nSPS) is 13.7. The van der Waals surface area contributed by atoms with Crippen LogP contribution in [0.3, 0.4) is 0 Å². The number of carbonyl (C=O) groups is 2. The van der Waals surface area contributed by atoms with Crippen LogP contribution in [0.2, 0.25) is 0 Å². The van der Waals surface area contributed by atoms with Gasteiger partial charge in [-0.1, -0.05) is 53.9 Å². The molecule has 0 spiro atoms. The van der Waals surface area contributed by atoms with Gasteiger partial charge >= 0.3 is 6.03 Å². The van der Waals surface area contributed by atoms with E-state index in [1.807, 2.05) is 30.3 Å². The number of nitrogens with zero attached hydrogens (tertiary/aromatic N) is 1. The highest BCUT2D eigenvalue weighted by atomic mass is 32.2. The minimum Gasteiger partial charge on any atom is -0.334 e. The fraction of sp³-hybridized carbons (Fsp3) is 0.308. The van der Waals surface area contributed by atoms with Crippen LogP contribution in [-0.2, 0) is 11.3 Å². The van der Waals surface area contributed by atoms with Crippen molar-refractivity contribution in [2.24, 2.45) is 4.99 Å². The summed E-state index contributed by atoms with van der Waals surface area (Å²) in [5.74, 6) is 0.877. The molecule has 5 nitrogen and oxygen atoms in total. The van der Waals surface area contributed by atoms with Crippen LogP contribution in [0.15, 0.2) is 35.3 Å². The van der Waals surface area contributed by atoms with Crippen molar-refractivity contribution < 1.29 is 9.59 Å². The van der Waals surface area contributed by atoms with Crippen LogP contribution in [0, 0.1) is 0 Å².